The lowest BCUT2D eigenvalue weighted by molar-refractivity contribution is -0.133. The summed E-state index contributed by atoms with van der Waals surface area (Å²) in [5.74, 6) is 0.192. The van der Waals surface area contributed by atoms with Crippen LogP contribution in [0.4, 0.5) is 0 Å². The van der Waals surface area contributed by atoms with Gasteiger partial charge in [-0.05, 0) is 69.3 Å². The number of nitrogens with zero attached hydrogens (tertiary/aromatic N) is 2. The molecule has 40 heavy (non-hydrogen) atoms. The van der Waals surface area contributed by atoms with Gasteiger partial charge in [-0.15, -0.1) is 11.8 Å². The molecule has 1 saturated carbocycles. The highest BCUT2D eigenvalue weighted by Crippen LogP contribution is 2.44. The lowest BCUT2D eigenvalue weighted by atomic mass is 9.83. The molecule has 0 radical (unpaired) electrons. The van der Waals surface area contributed by atoms with Gasteiger partial charge < -0.3 is 15.1 Å². The third-order valence-corrected chi connectivity index (χ3v) is 9.59. The molecule has 5 nitrogen and oxygen atoms in total. The van der Waals surface area contributed by atoms with Gasteiger partial charge in [0.05, 0.1) is 4.91 Å². The van der Waals surface area contributed by atoms with E-state index in [-0.39, 0.29) is 23.8 Å². The molecule has 1 aliphatic carbocycles. The number of aryl methyl sites for hydroxylation is 1. The van der Waals surface area contributed by atoms with Gasteiger partial charge in [-0.3, -0.25) is 9.59 Å². The van der Waals surface area contributed by atoms with E-state index in [9.17, 15) is 9.59 Å². The third-order valence-electron chi connectivity index (χ3n) is 8.19. The summed E-state index contributed by atoms with van der Waals surface area (Å²) in [6.07, 6.45) is 9.37. The number of nitrogens with one attached hydrogen (secondary N) is 1. The zero-order valence-electron chi connectivity index (χ0n) is 24.6. The van der Waals surface area contributed by atoms with Gasteiger partial charge in [0.1, 0.15) is 0 Å². The average molecular weight is 562 g/mol. The molecule has 1 N–H and O–H groups in total. The predicted molar refractivity (Wildman–Crippen MR) is 168 cm³/mol. The van der Waals surface area contributed by atoms with Gasteiger partial charge in [0.2, 0.25) is 5.91 Å². The van der Waals surface area contributed by atoms with Crippen LogP contribution in [0.2, 0.25) is 0 Å². The van der Waals surface area contributed by atoms with Crippen molar-refractivity contribution in [2.75, 3.05) is 26.2 Å². The SMILES string of the molecule is CCCCN(CCCC)CCNC(=O)C1CCC2S/C(=C\c3ccccc3)C(=O)N(Cc3cccc(C)c3)C2C1. The topological polar surface area (TPSA) is 52.7 Å². The Morgan fingerprint density at radius 1 is 1.02 bits per heavy atom. The summed E-state index contributed by atoms with van der Waals surface area (Å²) in [7, 11) is 0. The number of rotatable bonds is 13. The van der Waals surface area contributed by atoms with E-state index in [0.29, 0.717) is 18.3 Å². The second kappa shape index (κ2) is 15.4. The monoisotopic (exact) mass is 561 g/mol. The normalized spacial score (nSPS) is 22.0. The first kappa shape index (κ1) is 30.4. The van der Waals surface area contributed by atoms with E-state index in [2.05, 4.69) is 60.2 Å². The minimum atomic E-state index is -0.0472. The van der Waals surface area contributed by atoms with Crippen LogP contribution in [0.3, 0.4) is 0 Å². The standard InChI is InChI=1S/C34H47N3O2S/c1-4-6-19-36(20-7-5-2)21-18-35-33(38)29-16-17-31-30(24-29)37(25-28-15-11-12-26(3)22-28)34(39)32(40-31)23-27-13-9-8-10-14-27/h8-15,22-23,29-31H,4-7,16-21,24-25H2,1-3H3,(H,35,38)/b32-23-. The summed E-state index contributed by atoms with van der Waals surface area (Å²) >= 11 is 1.72. The number of carbonyl (C=O) groups is 2. The molecule has 6 heteroatoms. The van der Waals surface area contributed by atoms with Crippen molar-refractivity contribution in [2.45, 2.75) is 83.6 Å². The molecule has 1 heterocycles. The summed E-state index contributed by atoms with van der Waals surface area (Å²) in [6.45, 7) is 10.9. The first-order chi connectivity index (χ1) is 19.5. The van der Waals surface area contributed by atoms with Gasteiger partial charge in [0.15, 0.2) is 0 Å². The average Bonchev–Trinajstić information content (AvgIpc) is 2.96. The molecule has 1 saturated heterocycles. The lowest BCUT2D eigenvalue weighted by Crippen LogP contribution is -2.53. The van der Waals surface area contributed by atoms with Crippen LogP contribution >= 0.6 is 11.8 Å². The molecule has 2 fully saturated rings. The molecule has 2 aromatic rings. The fraction of sp³-hybridized carbons (Fsp3) is 0.529. The molecule has 3 atom stereocenters. The maximum Gasteiger partial charge on any atom is 0.260 e. The van der Waals surface area contributed by atoms with E-state index in [1.807, 2.05) is 36.4 Å². The van der Waals surface area contributed by atoms with Gasteiger partial charge in [-0.2, -0.15) is 0 Å². The van der Waals surface area contributed by atoms with E-state index in [1.165, 1.54) is 31.2 Å². The van der Waals surface area contributed by atoms with Crippen molar-refractivity contribution >= 4 is 29.7 Å². The maximum atomic E-state index is 13.9. The van der Waals surface area contributed by atoms with Crippen molar-refractivity contribution in [3.05, 3.63) is 76.2 Å². The Morgan fingerprint density at radius 2 is 1.77 bits per heavy atom. The number of unbranched alkanes of at least 4 members (excludes halogenated alkanes) is 2. The Kier molecular flexibility index (Phi) is 11.7. The molecule has 2 amide bonds. The van der Waals surface area contributed by atoms with Crippen molar-refractivity contribution in [1.29, 1.82) is 0 Å². The zero-order valence-corrected chi connectivity index (χ0v) is 25.4. The van der Waals surface area contributed by atoms with E-state index < -0.39 is 0 Å². The van der Waals surface area contributed by atoms with Gasteiger partial charge in [0.25, 0.3) is 5.91 Å². The van der Waals surface area contributed by atoms with Gasteiger partial charge in [-0.25, -0.2) is 0 Å². The number of benzene rings is 2. The maximum absolute atomic E-state index is 13.9. The minimum Gasteiger partial charge on any atom is -0.355 e. The first-order valence-corrected chi connectivity index (χ1v) is 16.2. The van der Waals surface area contributed by atoms with E-state index in [1.54, 1.807) is 11.8 Å². The Labute approximate surface area is 245 Å². The van der Waals surface area contributed by atoms with E-state index in [4.69, 9.17) is 0 Å². The first-order valence-electron chi connectivity index (χ1n) is 15.3. The molecule has 0 spiro atoms. The molecular weight excluding hydrogens is 514 g/mol. The fourth-order valence-electron chi connectivity index (χ4n) is 5.90. The van der Waals surface area contributed by atoms with Crippen LogP contribution in [0.1, 0.15) is 75.5 Å². The Hall–Kier alpha value is -2.57. The zero-order chi connectivity index (χ0) is 28.3. The number of fused-ring (bicyclic) bond motifs is 1. The lowest BCUT2D eigenvalue weighted by Gasteiger charge is -2.46. The molecule has 0 bridgehead atoms. The number of thioether (sulfide) groups is 1. The molecule has 0 aromatic heterocycles. The van der Waals surface area contributed by atoms with Crippen molar-refractivity contribution in [2.24, 2.45) is 5.92 Å². The van der Waals surface area contributed by atoms with E-state index in [0.717, 1.165) is 54.9 Å². The predicted octanol–water partition coefficient (Wildman–Crippen LogP) is 6.67. The molecule has 4 rings (SSSR count). The van der Waals surface area contributed by atoms with Crippen molar-refractivity contribution in [3.8, 4) is 0 Å². The number of carbonyl (C=O) groups excluding carboxylic acids is 2. The van der Waals surface area contributed by atoms with Crippen molar-refractivity contribution in [3.63, 3.8) is 0 Å². The van der Waals surface area contributed by atoms with Gasteiger partial charge in [0, 0.05) is 36.8 Å². The second-order valence-corrected chi connectivity index (χ2v) is 12.7. The van der Waals surface area contributed by atoms with Crippen molar-refractivity contribution in [1.82, 2.24) is 15.1 Å². The Morgan fingerprint density at radius 3 is 2.48 bits per heavy atom. The second-order valence-electron chi connectivity index (χ2n) is 11.4. The highest BCUT2D eigenvalue weighted by atomic mass is 32.2. The number of hydrogen-bond acceptors (Lipinski definition) is 4. The molecule has 216 valence electrons. The largest absolute Gasteiger partial charge is 0.355 e. The minimum absolute atomic E-state index is 0.0472. The summed E-state index contributed by atoms with van der Waals surface area (Å²) in [6, 6.07) is 18.6. The molecule has 2 aromatic carbocycles. The van der Waals surface area contributed by atoms with Gasteiger partial charge >= 0.3 is 0 Å². The van der Waals surface area contributed by atoms with Crippen LogP contribution in [0.15, 0.2) is 59.5 Å². The summed E-state index contributed by atoms with van der Waals surface area (Å²) < 4.78 is 0. The number of hydrogen-bond donors (Lipinski definition) is 1. The highest BCUT2D eigenvalue weighted by molar-refractivity contribution is 8.04. The van der Waals surface area contributed by atoms with Gasteiger partial charge in [-0.1, -0.05) is 86.8 Å². The number of amides is 2. The molecular formula is C34H47N3O2S. The Bertz CT molecular complexity index is 1130. The van der Waals surface area contributed by atoms with Crippen LogP contribution < -0.4 is 5.32 Å². The summed E-state index contributed by atoms with van der Waals surface area (Å²) in [5.41, 5.74) is 3.39. The molecule has 2 aliphatic rings. The van der Waals surface area contributed by atoms with Crippen LogP contribution in [-0.2, 0) is 16.1 Å². The molecule has 3 unspecified atom stereocenters. The fourth-order valence-corrected chi connectivity index (χ4v) is 7.32. The van der Waals surface area contributed by atoms with Crippen LogP contribution in [0.5, 0.6) is 0 Å². The summed E-state index contributed by atoms with van der Waals surface area (Å²) in [4.78, 5) is 32.6. The van der Waals surface area contributed by atoms with Crippen molar-refractivity contribution < 1.29 is 9.59 Å². The van der Waals surface area contributed by atoms with Crippen LogP contribution in [0.25, 0.3) is 6.08 Å². The smallest absolute Gasteiger partial charge is 0.260 e. The van der Waals surface area contributed by atoms with E-state index >= 15 is 0 Å². The Balaban J connectivity index is 1.44. The summed E-state index contributed by atoms with van der Waals surface area (Å²) in [5, 5.41) is 3.56. The van der Waals surface area contributed by atoms with Crippen LogP contribution in [0, 0.1) is 12.8 Å². The quantitative estimate of drug-likeness (QED) is 0.278. The van der Waals surface area contributed by atoms with Crippen LogP contribution in [-0.4, -0.2) is 59.1 Å². The highest BCUT2D eigenvalue weighted by Gasteiger charge is 2.44. The third kappa shape index (κ3) is 8.47. The molecule has 1 aliphatic heterocycles.